The maximum Gasteiger partial charge on any atom is 0.326 e. The van der Waals surface area contributed by atoms with Crippen LogP contribution in [0, 0.1) is 0 Å². The van der Waals surface area contributed by atoms with Crippen LogP contribution in [0.25, 0.3) is 0 Å². The first-order valence-electron chi connectivity index (χ1n) is 5.99. The molecular formula is C12H20N2O6. The van der Waals surface area contributed by atoms with Gasteiger partial charge in [-0.15, -0.1) is 0 Å². The third-order valence-corrected chi connectivity index (χ3v) is 1.92. The summed E-state index contributed by atoms with van der Waals surface area (Å²) >= 11 is 0. The van der Waals surface area contributed by atoms with Crippen molar-refractivity contribution in [3.63, 3.8) is 0 Å². The van der Waals surface area contributed by atoms with E-state index in [-0.39, 0.29) is 6.54 Å². The maximum atomic E-state index is 11.5. The lowest BCUT2D eigenvalue weighted by molar-refractivity contribution is -0.158. The van der Waals surface area contributed by atoms with Crippen molar-refractivity contribution in [1.29, 1.82) is 0 Å². The fraction of sp³-hybridized carbons (Fsp3) is 0.667. The summed E-state index contributed by atoms with van der Waals surface area (Å²) in [6, 6.07) is -1.40. The predicted octanol–water partition coefficient (Wildman–Crippen LogP) is -0.576. The third-order valence-electron chi connectivity index (χ3n) is 1.92. The van der Waals surface area contributed by atoms with Gasteiger partial charge in [0.2, 0.25) is 11.8 Å². The van der Waals surface area contributed by atoms with Crippen molar-refractivity contribution < 1.29 is 29.0 Å². The van der Waals surface area contributed by atoms with E-state index in [9.17, 15) is 19.2 Å². The Hall–Kier alpha value is -2.12. The first kappa shape index (κ1) is 17.9. The van der Waals surface area contributed by atoms with Crippen LogP contribution in [-0.2, 0) is 23.9 Å². The van der Waals surface area contributed by atoms with Gasteiger partial charge in [0.1, 0.15) is 11.6 Å². The SMILES string of the molecule is CC(=O)NCC(=O)N[C@@H](CC(=O)OC(C)(C)C)C(=O)O. The van der Waals surface area contributed by atoms with Crippen LogP contribution in [-0.4, -0.2) is 47.0 Å². The number of ether oxygens (including phenoxy) is 1. The summed E-state index contributed by atoms with van der Waals surface area (Å²) in [7, 11) is 0. The molecule has 20 heavy (non-hydrogen) atoms. The number of carbonyl (C=O) groups excluding carboxylic acids is 3. The summed E-state index contributed by atoms with van der Waals surface area (Å²) in [5.74, 6) is -3.20. The van der Waals surface area contributed by atoms with Crippen LogP contribution in [0.2, 0.25) is 0 Å². The number of esters is 1. The number of hydrogen-bond acceptors (Lipinski definition) is 5. The molecule has 1 atom stereocenters. The molecule has 0 fully saturated rings. The minimum Gasteiger partial charge on any atom is -0.480 e. The number of carbonyl (C=O) groups is 4. The number of amides is 2. The molecule has 0 unspecified atom stereocenters. The fourth-order valence-corrected chi connectivity index (χ4v) is 1.20. The molecule has 114 valence electrons. The minimum atomic E-state index is -1.40. The first-order valence-corrected chi connectivity index (χ1v) is 5.99. The Morgan fingerprint density at radius 1 is 1.20 bits per heavy atom. The van der Waals surface area contributed by atoms with E-state index >= 15 is 0 Å². The number of rotatable bonds is 6. The van der Waals surface area contributed by atoms with E-state index in [1.807, 2.05) is 0 Å². The predicted molar refractivity (Wildman–Crippen MR) is 68.7 cm³/mol. The van der Waals surface area contributed by atoms with Gasteiger partial charge in [-0.1, -0.05) is 0 Å². The second kappa shape index (κ2) is 7.46. The quantitative estimate of drug-likeness (QED) is 0.562. The number of hydrogen-bond donors (Lipinski definition) is 3. The minimum absolute atomic E-state index is 0.354. The normalized spacial score (nSPS) is 12.2. The number of nitrogens with one attached hydrogen (secondary N) is 2. The molecule has 0 rings (SSSR count). The van der Waals surface area contributed by atoms with Gasteiger partial charge < -0.3 is 20.5 Å². The van der Waals surface area contributed by atoms with E-state index < -0.39 is 41.8 Å². The highest BCUT2D eigenvalue weighted by Crippen LogP contribution is 2.09. The average molecular weight is 288 g/mol. The summed E-state index contributed by atoms with van der Waals surface area (Å²) < 4.78 is 4.97. The van der Waals surface area contributed by atoms with Crippen LogP contribution >= 0.6 is 0 Å². The third kappa shape index (κ3) is 8.90. The Balaban J connectivity index is 4.44. The Bertz CT molecular complexity index is 399. The number of aliphatic carboxylic acids is 1. The zero-order chi connectivity index (χ0) is 15.9. The van der Waals surface area contributed by atoms with Gasteiger partial charge in [0, 0.05) is 6.92 Å². The van der Waals surface area contributed by atoms with Gasteiger partial charge in [-0.25, -0.2) is 4.79 Å². The van der Waals surface area contributed by atoms with E-state index in [0.29, 0.717) is 0 Å². The van der Waals surface area contributed by atoms with Crippen molar-refractivity contribution in [2.75, 3.05) is 6.54 Å². The van der Waals surface area contributed by atoms with Gasteiger partial charge in [0.05, 0.1) is 13.0 Å². The molecule has 0 aliphatic carbocycles. The smallest absolute Gasteiger partial charge is 0.326 e. The molecular weight excluding hydrogens is 268 g/mol. The average Bonchev–Trinajstić information content (AvgIpc) is 2.22. The molecule has 0 radical (unpaired) electrons. The molecule has 0 aromatic carbocycles. The Labute approximate surface area is 116 Å². The molecule has 8 nitrogen and oxygen atoms in total. The Kier molecular flexibility index (Phi) is 6.67. The molecule has 0 saturated heterocycles. The van der Waals surface area contributed by atoms with Gasteiger partial charge >= 0.3 is 11.9 Å². The summed E-state index contributed by atoms with van der Waals surface area (Å²) in [4.78, 5) is 44.5. The van der Waals surface area contributed by atoms with Crippen molar-refractivity contribution in [3.05, 3.63) is 0 Å². The van der Waals surface area contributed by atoms with Crippen LogP contribution < -0.4 is 10.6 Å². The van der Waals surface area contributed by atoms with Crippen molar-refractivity contribution in [2.45, 2.75) is 45.8 Å². The van der Waals surface area contributed by atoms with Gasteiger partial charge in [0.25, 0.3) is 0 Å². The molecule has 0 aromatic heterocycles. The zero-order valence-corrected chi connectivity index (χ0v) is 12.0. The highest BCUT2D eigenvalue weighted by atomic mass is 16.6. The molecule has 8 heteroatoms. The van der Waals surface area contributed by atoms with Crippen molar-refractivity contribution in [1.82, 2.24) is 10.6 Å². The summed E-state index contributed by atoms with van der Waals surface area (Å²) in [5.41, 5.74) is -0.736. The lowest BCUT2D eigenvalue weighted by Crippen LogP contribution is -2.46. The summed E-state index contributed by atoms with van der Waals surface area (Å²) in [5, 5.41) is 13.3. The van der Waals surface area contributed by atoms with Crippen LogP contribution in [0.5, 0.6) is 0 Å². The number of carboxylic acid groups (broad SMARTS) is 1. The fourth-order valence-electron chi connectivity index (χ4n) is 1.20. The molecule has 0 heterocycles. The van der Waals surface area contributed by atoms with E-state index in [1.165, 1.54) is 6.92 Å². The summed E-state index contributed by atoms with van der Waals surface area (Å²) in [6.07, 6.45) is -0.488. The molecule has 3 N–H and O–H groups in total. The standard InChI is InChI=1S/C12H20N2O6/c1-7(15)13-6-9(16)14-8(11(18)19)5-10(17)20-12(2,3)4/h8H,5-6H2,1-4H3,(H,13,15)(H,14,16)(H,18,19)/t8-/m0/s1. The van der Waals surface area contributed by atoms with E-state index in [4.69, 9.17) is 9.84 Å². The summed E-state index contributed by atoms with van der Waals surface area (Å²) in [6.45, 7) is 5.82. The van der Waals surface area contributed by atoms with Crippen LogP contribution in [0.1, 0.15) is 34.1 Å². The van der Waals surface area contributed by atoms with Crippen LogP contribution in [0.4, 0.5) is 0 Å². The van der Waals surface area contributed by atoms with E-state index in [1.54, 1.807) is 20.8 Å². The van der Waals surface area contributed by atoms with Crippen molar-refractivity contribution in [2.24, 2.45) is 0 Å². The second-order valence-corrected chi connectivity index (χ2v) is 5.16. The Morgan fingerprint density at radius 3 is 2.15 bits per heavy atom. The molecule has 0 bridgehead atoms. The zero-order valence-electron chi connectivity index (χ0n) is 12.0. The van der Waals surface area contributed by atoms with Crippen LogP contribution in [0.3, 0.4) is 0 Å². The molecule has 0 spiro atoms. The van der Waals surface area contributed by atoms with Gasteiger partial charge in [-0.05, 0) is 20.8 Å². The second-order valence-electron chi connectivity index (χ2n) is 5.16. The lowest BCUT2D eigenvalue weighted by Gasteiger charge is -2.21. The van der Waals surface area contributed by atoms with Crippen molar-refractivity contribution >= 4 is 23.8 Å². The lowest BCUT2D eigenvalue weighted by atomic mass is 10.1. The van der Waals surface area contributed by atoms with Gasteiger partial charge in [-0.2, -0.15) is 0 Å². The molecule has 2 amide bonds. The molecule has 0 aromatic rings. The molecule has 0 aliphatic rings. The highest BCUT2D eigenvalue weighted by molar-refractivity contribution is 5.89. The van der Waals surface area contributed by atoms with E-state index in [0.717, 1.165) is 0 Å². The van der Waals surface area contributed by atoms with Gasteiger partial charge in [0.15, 0.2) is 0 Å². The number of carboxylic acids is 1. The largest absolute Gasteiger partial charge is 0.480 e. The maximum absolute atomic E-state index is 11.5. The van der Waals surface area contributed by atoms with Gasteiger partial charge in [-0.3, -0.25) is 14.4 Å². The van der Waals surface area contributed by atoms with E-state index in [2.05, 4.69) is 10.6 Å². The topological polar surface area (TPSA) is 122 Å². The monoisotopic (exact) mass is 288 g/mol. The molecule has 0 aliphatic heterocycles. The first-order chi connectivity index (χ1) is 9.01. The Morgan fingerprint density at radius 2 is 1.75 bits per heavy atom. The molecule has 0 saturated carbocycles. The van der Waals surface area contributed by atoms with Crippen LogP contribution in [0.15, 0.2) is 0 Å². The highest BCUT2D eigenvalue weighted by Gasteiger charge is 2.26. The van der Waals surface area contributed by atoms with Crippen molar-refractivity contribution in [3.8, 4) is 0 Å².